The minimum atomic E-state index is -0.383. The van der Waals surface area contributed by atoms with Crippen LogP contribution < -0.4 is 10.1 Å². The van der Waals surface area contributed by atoms with Gasteiger partial charge in [0, 0.05) is 6.20 Å². The van der Waals surface area contributed by atoms with Crippen LogP contribution in [0, 0.1) is 18.3 Å². The molecule has 2 rings (SSSR count). The zero-order chi connectivity index (χ0) is 14.5. The van der Waals surface area contributed by atoms with E-state index in [-0.39, 0.29) is 11.6 Å². The van der Waals surface area contributed by atoms with Crippen LogP contribution in [0.1, 0.15) is 21.6 Å². The van der Waals surface area contributed by atoms with E-state index in [1.165, 1.54) is 19.4 Å². The van der Waals surface area contributed by atoms with E-state index in [1.54, 1.807) is 12.1 Å². The number of rotatable bonds is 3. The molecule has 0 spiro atoms. The highest BCUT2D eigenvalue weighted by Crippen LogP contribution is 2.25. The van der Waals surface area contributed by atoms with Gasteiger partial charge in [-0.25, -0.2) is 0 Å². The van der Waals surface area contributed by atoms with Crippen molar-refractivity contribution in [2.24, 2.45) is 0 Å². The summed E-state index contributed by atoms with van der Waals surface area (Å²) in [5.74, 6) is 0.186. The highest BCUT2D eigenvalue weighted by molar-refractivity contribution is 6.03. The Bertz CT molecular complexity index is 690. The van der Waals surface area contributed by atoms with Gasteiger partial charge in [-0.1, -0.05) is 6.07 Å². The molecule has 0 fully saturated rings. The number of aryl methyl sites for hydroxylation is 1. The standard InChI is InChI=1S/C15H13N3O2/c1-10-3-4-14(20-2)12(7-10)18-15(19)13-8-11(9-16)5-6-17-13/h3-8H,1-2H3,(H,18,19). The molecule has 20 heavy (non-hydrogen) atoms. The third kappa shape index (κ3) is 2.93. The Balaban J connectivity index is 2.27. The first-order valence-corrected chi connectivity index (χ1v) is 5.96. The van der Waals surface area contributed by atoms with Crippen LogP contribution in [-0.2, 0) is 0 Å². The second-order valence-corrected chi connectivity index (χ2v) is 4.20. The number of aromatic nitrogens is 1. The van der Waals surface area contributed by atoms with Gasteiger partial charge in [0.05, 0.1) is 24.4 Å². The summed E-state index contributed by atoms with van der Waals surface area (Å²) >= 11 is 0. The number of carbonyl (C=O) groups excluding carboxylic acids is 1. The molecule has 0 unspecified atom stereocenters. The molecule has 5 heteroatoms. The average Bonchev–Trinajstić information content (AvgIpc) is 2.47. The fourth-order valence-corrected chi connectivity index (χ4v) is 1.73. The first-order chi connectivity index (χ1) is 9.63. The van der Waals surface area contributed by atoms with Gasteiger partial charge in [0.15, 0.2) is 0 Å². The molecule has 0 bridgehead atoms. The first kappa shape index (κ1) is 13.6. The maximum absolute atomic E-state index is 12.1. The van der Waals surface area contributed by atoms with Crippen molar-refractivity contribution in [1.82, 2.24) is 4.98 Å². The number of ether oxygens (including phenoxy) is 1. The molecule has 0 atom stereocenters. The average molecular weight is 267 g/mol. The highest BCUT2D eigenvalue weighted by atomic mass is 16.5. The van der Waals surface area contributed by atoms with Crippen LogP contribution in [0.2, 0.25) is 0 Å². The van der Waals surface area contributed by atoms with Crippen molar-refractivity contribution in [3.05, 3.63) is 53.3 Å². The summed E-state index contributed by atoms with van der Waals surface area (Å²) in [4.78, 5) is 16.1. The van der Waals surface area contributed by atoms with Gasteiger partial charge in [-0.15, -0.1) is 0 Å². The maximum Gasteiger partial charge on any atom is 0.274 e. The molecule has 2 aromatic rings. The second kappa shape index (κ2) is 5.85. The number of nitriles is 1. The number of pyridine rings is 1. The van der Waals surface area contributed by atoms with Crippen LogP contribution in [0.15, 0.2) is 36.5 Å². The summed E-state index contributed by atoms with van der Waals surface area (Å²) in [6, 6.07) is 10.4. The van der Waals surface area contributed by atoms with E-state index in [1.807, 2.05) is 25.1 Å². The number of benzene rings is 1. The molecule has 0 saturated carbocycles. The minimum Gasteiger partial charge on any atom is -0.495 e. The van der Waals surface area contributed by atoms with E-state index in [9.17, 15) is 4.79 Å². The molecule has 5 nitrogen and oxygen atoms in total. The lowest BCUT2D eigenvalue weighted by Crippen LogP contribution is -2.14. The number of methoxy groups -OCH3 is 1. The van der Waals surface area contributed by atoms with E-state index in [0.717, 1.165) is 5.56 Å². The molecule has 1 heterocycles. The second-order valence-electron chi connectivity index (χ2n) is 4.20. The molecular formula is C15H13N3O2. The Morgan fingerprint density at radius 1 is 1.35 bits per heavy atom. The van der Waals surface area contributed by atoms with Gasteiger partial charge in [0.2, 0.25) is 0 Å². The third-order valence-corrected chi connectivity index (χ3v) is 2.72. The van der Waals surface area contributed by atoms with Gasteiger partial charge >= 0.3 is 0 Å². The van der Waals surface area contributed by atoms with Crippen molar-refractivity contribution >= 4 is 11.6 Å². The summed E-state index contributed by atoms with van der Waals surface area (Å²) in [6.45, 7) is 1.92. The topological polar surface area (TPSA) is 75.0 Å². The van der Waals surface area contributed by atoms with Crippen molar-refractivity contribution < 1.29 is 9.53 Å². The molecule has 0 aliphatic carbocycles. The molecule has 100 valence electrons. The number of nitrogens with zero attached hydrogens (tertiary/aromatic N) is 2. The lowest BCUT2D eigenvalue weighted by Gasteiger charge is -2.10. The fourth-order valence-electron chi connectivity index (χ4n) is 1.73. The number of anilines is 1. The predicted molar refractivity (Wildman–Crippen MR) is 74.6 cm³/mol. The van der Waals surface area contributed by atoms with E-state index >= 15 is 0 Å². The molecule has 1 aromatic heterocycles. The van der Waals surface area contributed by atoms with Crippen molar-refractivity contribution in [2.75, 3.05) is 12.4 Å². The van der Waals surface area contributed by atoms with Crippen LogP contribution >= 0.6 is 0 Å². The van der Waals surface area contributed by atoms with Crippen molar-refractivity contribution in [3.63, 3.8) is 0 Å². The largest absolute Gasteiger partial charge is 0.495 e. The molecule has 1 N–H and O–H groups in total. The summed E-state index contributed by atoms with van der Waals surface area (Å²) < 4.78 is 5.19. The Morgan fingerprint density at radius 3 is 2.85 bits per heavy atom. The SMILES string of the molecule is COc1ccc(C)cc1NC(=O)c1cc(C#N)ccn1. The van der Waals surface area contributed by atoms with E-state index in [4.69, 9.17) is 10.00 Å². The zero-order valence-electron chi connectivity index (χ0n) is 11.2. The number of hydrogen-bond donors (Lipinski definition) is 1. The maximum atomic E-state index is 12.1. The quantitative estimate of drug-likeness (QED) is 0.927. The van der Waals surface area contributed by atoms with Crippen LogP contribution in [-0.4, -0.2) is 18.0 Å². The third-order valence-electron chi connectivity index (χ3n) is 2.72. The van der Waals surface area contributed by atoms with Crippen LogP contribution in [0.3, 0.4) is 0 Å². The van der Waals surface area contributed by atoms with Gasteiger partial charge in [0.1, 0.15) is 11.4 Å². The van der Waals surface area contributed by atoms with Gasteiger partial charge in [-0.05, 0) is 36.8 Å². The molecule has 0 radical (unpaired) electrons. The monoisotopic (exact) mass is 267 g/mol. The highest BCUT2D eigenvalue weighted by Gasteiger charge is 2.11. The summed E-state index contributed by atoms with van der Waals surface area (Å²) in [5, 5.41) is 11.6. The summed E-state index contributed by atoms with van der Waals surface area (Å²) in [7, 11) is 1.54. The zero-order valence-corrected chi connectivity index (χ0v) is 11.2. The molecule has 1 aromatic carbocycles. The molecule has 1 amide bonds. The Kier molecular flexibility index (Phi) is 3.96. The first-order valence-electron chi connectivity index (χ1n) is 5.96. The molecule has 0 aliphatic heterocycles. The predicted octanol–water partition coefficient (Wildman–Crippen LogP) is 2.52. The smallest absolute Gasteiger partial charge is 0.274 e. The summed E-state index contributed by atoms with van der Waals surface area (Å²) in [5.41, 5.74) is 2.15. The van der Waals surface area contributed by atoms with Gasteiger partial charge in [-0.3, -0.25) is 9.78 Å². The number of hydrogen-bond acceptors (Lipinski definition) is 4. The number of amides is 1. The lowest BCUT2D eigenvalue weighted by molar-refractivity contribution is 0.102. The minimum absolute atomic E-state index is 0.188. The van der Waals surface area contributed by atoms with E-state index < -0.39 is 0 Å². The Labute approximate surface area is 116 Å². The van der Waals surface area contributed by atoms with Gasteiger partial charge in [-0.2, -0.15) is 5.26 Å². The van der Waals surface area contributed by atoms with E-state index in [0.29, 0.717) is 17.0 Å². The van der Waals surface area contributed by atoms with Crippen molar-refractivity contribution in [1.29, 1.82) is 5.26 Å². The van der Waals surface area contributed by atoms with Crippen LogP contribution in [0.25, 0.3) is 0 Å². The van der Waals surface area contributed by atoms with Crippen molar-refractivity contribution in [3.8, 4) is 11.8 Å². The van der Waals surface area contributed by atoms with Gasteiger partial charge < -0.3 is 10.1 Å². The fraction of sp³-hybridized carbons (Fsp3) is 0.133. The summed E-state index contributed by atoms with van der Waals surface area (Å²) in [6.07, 6.45) is 1.43. The molecule has 0 saturated heterocycles. The molecule has 0 aliphatic rings. The lowest BCUT2D eigenvalue weighted by atomic mass is 10.2. The Morgan fingerprint density at radius 2 is 2.15 bits per heavy atom. The molecular weight excluding hydrogens is 254 g/mol. The normalized spacial score (nSPS) is 9.65. The van der Waals surface area contributed by atoms with Crippen molar-refractivity contribution in [2.45, 2.75) is 6.92 Å². The van der Waals surface area contributed by atoms with Crippen LogP contribution in [0.4, 0.5) is 5.69 Å². The number of nitrogens with one attached hydrogen (secondary N) is 1. The van der Waals surface area contributed by atoms with E-state index in [2.05, 4.69) is 10.3 Å². The van der Waals surface area contributed by atoms with Crippen LogP contribution in [0.5, 0.6) is 5.75 Å². The van der Waals surface area contributed by atoms with Gasteiger partial charge in [0.25, 0.3) is 5.91 Å². The Hall–Kier alpha value is -2.87. The number of carbonyl (C=O) groups is 1.